The van der Waals surface area contributed by atoms with Gasteiger partial charge in [-0.25, -0.2) is 0 Å². The van der Waals surface area contributed by atoms with Gasteiger partial charge in [0, 0.05) is 10.8 Å². The van der Waals surface area contributed by atoms with E-state index in [4.69, 9.17) is 0 Å². The number of thioether (sulfide) groups is 1. The summed E-state index contributed by atoms with van der Waals surface area (Å²) in [6.45, 7) is 4.29. The molecule has 0 radical (unpaired) electrons. The summed E-state index contributed by atoms with van der Waals surface area (Å²) >= 11 is 3.09. The molecule has 0 fully saturated rings. The van der Waals surface area contributed by atoms with Crippen LogP contribution in [-0.2, 0) is 0 Å². The van der Waals surface area contributed by atoms with Gasteiger partial charge in [-0.05, 0) is 29.3 Å². The van der Waals surface area contributed by atoms with Gasteiger partial charge in [-0.3, -0.25) is 10.1 Å². The van der Waals surface area contributed by atoms with Crippen molar-refractivity contribution in [2.45, 2.75) is 29.9 Å². The largest absolute Gasteiger partial charge is 0.296 e. The van der Waals surface area contributed by atoms with E-state index in [-0.39, 0.29) is 5.91 Å². The van der Waals surface area contributed by atoms with E-state index in [1.54, 1.807) is 11.8 Å². The minimum atomic E-state index is -0.160. The van der Waals surface area contributed by atoms with Gasteiger partial charge in [0.2, 0.25) is 5.13 Å². The van der Waals surface area contributed by atoms with Gasteiger partial charge in [0.1, 0.15) is 0 Å². The minimum Gasteiger partial charge on any atom is -0.296 e. The highest BCUT2D eigenvalue weighted by Crippen LogP contribution is 2.30. The maximum Gasteiger partial charge on any atom is 0.257 e. The number of amides is 1. The van der Waals surface area contributed by atoms with Crippen LogP contribution in [0.25, 0.3) is 10.8 Å². The zero-order chi connectivity index (χ0) is 16.2. The number of nitrogens with one attached hydrogen (secondary N) is 1. The van der Waals surface area contributed by atoms with Crippen LogP contribution >= 0.6 is 23.1 Å². The monoisotopic (exact) mass is 343 g/mol. The number of aromatic nitrogens is 2. The van der Waals surface area contributed by atoms with Gasteiger partial charge in [-0.1, -0.05) is 67.3 Å². The van der Waals surface area contributed by atoms with Crippen molar-refractivity contribution >= 4 is 44.9 Å². The molecular weight excluding hydrogens is 326 g/mol. The molecule has 0 bridgehead atoms. The van der Waals surface area contributed by atoms with E-state index in [2.05, 4.69) is 29.4 Å². The number of nitrogens with zero attached hydrogens (tertiary/aromatic N) is 2. The van der Waals surface area contributed by atoms with Crippen molar-refractivity contribution in [3.8, 4) is 0 Å². The summed E-state index contributed by atoms with van der Waals surface area (Å²) in [5.74, 6) is -0.160. The number of benzene rings is 2. The Kier molecular flexibility index (Phi) is 4.93. The summed E-state index contributed by atoms with van der Waals surface area (Å²) in [5, 5.41) is 14.2. The molecule has 0 aliphatic heterocycles. The number of rotatable bonds is 5. The topological polar surface area (TPSA) is 54.9 Å². The molecule has 2 aromatic carbocycles. The van der Waals surface area contributed by atoms with E-state index >= 15 is 0 Å². The molecule has 1 unspecified atom stereocenters. The average Bonchev–Trinajstić information content (AvgIpc) is 3.01. The summed E-state index contributed by atoms with van der Waals surface area (Å²) in [7, 11) is 0. The lowest BCUT2D eigenvalue weighted by molar-refractivity contribution is 0.102. The number of fused-ring (bicyclic) bond motifs is 1. The zero-order valence-electron chi connectivity index (χ0n) is 12.9. The molecule has 6 heteroatoms. The molecule has 118 valence electrons. The van der Waals surface area contributed by atoms with E-state index in [9.17, 15) is 4.79 Å². The third-order valence-corrected chi connectivity index (χ3v) is 5.71. The van der Waals surface area contributed by atoms with Crippen LogP contribution in [0.5, 0.6) is 0 Å². The molecule has 23 heavy (non-hydrogen) atoms. The summed E-state index contributed by atoms with van der Waals surface area (Å²) in [6, 6.07) is 13.6. The van der Waals surface area contributed by atoms with E-state index in [1.807, 2.05) is 42.5 Å². The Labute approximate surface area is 143 Å². The zero-order valence-corrected chi connectivity index (χ0v) is 14.6. The number of carbonyl (C=O) groups is 1. The molecule has 1 aromatic heterocycles. The van der Waals surface area contributed by atoms with Crippen LogP contribution in [0, 0.1) is 0 Å². The Hall–Kier alpha value is -1.92. The van der Waals surface area contributed by atoms with Crippen LogP contribution in [0.15, 0.2) is 46.8 Å². The first kappa shape index (κ1) is 16.0. The summed E-state index contributed by atoms with van der Waals surface area (Å²) in [6.07, 6.45) is 1.07. The van der Waals surface area contributed by atoms with Gasteiger partial charge in [0.15, 0.2) is 4.34 Å². The Morgan fingerprint density at radius 2 is 2.00 bits per heavy atom. The Morgan fingerprint density at radius 1 is 1.22 bits per heavy atom. The van der Waals surface area contributed by atoms with Crippen molar-refractivity contribution < 1.29 is 4.79 Å². The molecular formula is C17H17N3OS2. The first-order valence-corrected chi connectivity index (χ1v) is 9.15. The Balaban J connectivity index is 1.73. The Bertz CT molecular complexity index is 831. The predicted molar refractivity (Wildman–Crippen MR) is 97.4 cm³/mol. The van der Waals surface area contributed by atoms with E-state index in [0.717, 1.165) is 21.5 Å². The lowest BCUT2D eigenvalue weighted by atomic mass is 10.1. The average molecular weight is 343 g/mol. The maximum atomic E-state index is 12.4. The molecule has 0 aliphatic rings. The maximum absolute atomic E-state index is 12.4. The molecule has 1 amide bonds. The highest BCUT2D eigenvalue weighted by molar-refractivity contribution is 8.01. The van der Waals surface area contributed by atoms with Crippen molar-refractivity contribution in [2.75, 3.05) is 5.32 Å². The van der Waals surface area contributed by atoms with Crippen molar-refractivity contribution in [2.24, 2.45) is 0 Å². The van der Waals surface area contributed by atoms with E-state index < -0.39 is 0 Å². The second kappa shape index (κ2) is 7.10. The van der Waals surface area contributed by atoms with Crippen molar-refractivity contribution in [3.05, 3.63) is 48.0 Å². The van der Waals surface area contributed by atoms with Gasteiger partial charge in [0.05, 0.1) is 0 Å². The van der Waals surface area contributed by atoms with Crippen LogP contribution in [0.4, 0.5) is 5.13 Å². The molecule has 0 aliphatic carbocycles. The van der Waals surface area contributed by atoms with Crippen molar-refractivity contribution in [3.63, 3.8) is 0 Å². The minimum absolute atomic E-state index is 0.160. The van der Waals surface area contributed by atoms with Crippen LogP contribution in [-0.4, -0.2) is 21.4 Å². The van der Waals surface area contributed by atoms with Gasteiger partial charge >= 0.3 is 0 Å². The first-order valence-electron chi connectivity index (χ1n) is 7.46. The quantitative estimate of drug-likeness (QED) is 0.532. The number of hydrogen-bond donors (Lipinski definition) is 1. The smallest absolute Gasteiger partial charge is 0.257 e. The standard InChI is InChI=1S/C17H17N3OS2/c1-3-11(2)22-17-20-19-16(23-17)18-15(21)14-9-8-12-6-4-5-7-13(12)10-14/h4-11H,3H2,1-2H3,(H,18,19,21). The second-order valence-corrected chi connectivity index (χ2v) is 7.89. The fourth-order valence-corrected chi connectivity index (χ4v) is 4.06. The Morgan fingerprint density at radius 3 is 2.78 bits per heavy atom. The summed E-state index contributed by atoms with van der Waals surface area (Å²) < 4.78 is 0.883. The summed E-state index contributed by atoms with van der Waals surface area (Å²) in [4.78, 5) is 12.4. The number of hydrogen-bond acceptors (Lipinski definition) is 5. The number of anilines is 1. The molecule has 3 aromatic rings. The predicted octanol–water partition coefficient (Wildman–Crippen LogP) is 4.83. The number of carbonyl (C=O) groups excluding carboxylic acids is 1. The fourth-order valence-electron chi connectivity index (χ4n) is 2.06. The molecule has 4 nitrogen and oxygen atoms in total. The molecule has 3 rings (SSSR count). The van der Waals surface area contributed by atoms with Crippen molar-refractivity contribution in [1.82, 2.24) is 10.2 Å². The van der Waals surface area contributed by atoms with Crippen LogP contribution in [0.2, 0.25) is 0 Å². The summed E-state index contributed by atoms with van der Waals surface area (Å²) in [5.41, 5.74) is 0.620. The lowest BCUT2D eigenvalue weighted by Gasteiger charge is -2.04. The first-order chi connectivity index (χ1) is 11.2. The molecule has 1 heterocycles. The van der Waals surface area contributed by atoms with Gasteiger partial charge in [-0.15, -0.1) is 10.2 Å². The van der Waals surface area contributed by atoms with Gasteiger partial charge in [0.25, 0.3) is 5.91 Å². The normalized spacial score (nSPS) is 12.3. The second-order valence-electron chi connectivity index (χ2n) is 5.23. The van der Waals surface area contributed by atoms with Gasteiger partial charge < -0.3 is 0 Å². The molecule has 0 saturated carbocycles. The fraction of sp³-hybridized carbons (Fsp3) is 0.235. The van der Waals surface area contributed by atoms with Crippen LogP contribution < -0.4 is 5.32 Å². The highest BCUT2D eigenvalue weighted by atomic mass is 32.2. The molecule has 1 N–H and O–H groups in total. The third-order valence-electron chi connectivity index (χ3n) is 3.52. The SMILES string of the molecule is CCC(C)Sc1nnc(NC(=O)c2ccc3ccccc3c2)s1. The van der Waals surface area contributed by atoms with Crippen molar-refractivity contribution in [1.29, 1.82) is 0 Å². The van der Waals surface area contributed by atoms with E-state index in [1.165, 1.54) is 11.3 Å². The highest BCUT2D eigenvalue weighted by Gasteiger charge is 2.12. The van der Waals surface area contributed by atoms with Crippen LogP contribution in [0.1, 0.15) is 30.6 Å². The lowest BCUT2D eigenvalue weighted by Crippen LogP contribution is -2.11. The molecule has 0 spiro atoms. The van der Waals surface area contributed by atoms with Crippen LogP contribution in [0.3, 0.4) is 0 Å². The third kappa shape index (κ3) is 3.89. The molecule has 1 atom stereocenters. The molecule has 0 saturated heterocycles. The van der Waals surface area contributed by atoms with Gasteiger partial charge in [-0.2, -0.15) is 0 Å². The van der Waals surface area contributed by atoms with E-state index in [0.29, 0.717) is 15.9 Å².